The highest BCUT2D eigenvalue weighted by molar-refractivity contribution is 7.16. The van der Waals surface area contributed by atoms with Gasteiger partial charge >= 0.3 is 13.1 Å². The Morgan fingerprint density at radius 3 is 2.87 bits per heavy atom. The quantitative estimate of drug-likeness (QED) is 0.553. The van der Waals surface area contributed by atoms with Crippen molar-refractivity contribution in [1.29, 1.82) is 0 Å². The van der Waals surface area contributed by atoms with Gasteiger partial charge in [0.25, 0.3) is 5.91 Å². The van der Waals surface area contributed by atoms with Crippen LogP contribution in [0.1, 0.15) is 25.7 Å². The van der Waals surface area contributed by atoms with Gasteiger partial charge in [0.15, 0.2) is 0 Å². The van der Waals surface area contributed by atoms with E-state index in [0.29, 0.717) is 5.56 Å². The molecule has 3 rings (SSSR count). The third-order valence-corrected chi connectivity index (χ3v) is 4.05. The summed E-state index contributed by atoms with van der Waals surface area (Å²) in [5, 5.41) is 29.1. The van der Waals surface area contributed by atoms with Crippen molar-refractivity contribution in [2.75, 3.05) is 5.73 Å². The molecule has 9 nitrogen and oxygen atoms in total. The molecule has 11 heteroatoms. The van der Waals surface area contributed by atoms with Gasteiger partial charge in [-0.2, -0.15) is 0 Å². The molecule has 0 aliphatic carbocycles. The fraction of sp³-hybridized carbons (Fsp3) is 0.167. The predicted octanol–water partition coefficient (Wildman–Crippen LogP) is -0.428. The third-order valence-electron chi connectivity index (χ3n) is 3.30. The van der Waals surface area contributed by atoms with Gasteiger partial charge in [0, 0.05) is 0 Å². The Morgan fingerprint density at radius 2 is 2.22 bits per heavy atom. The number of carboxylic acids is 1. The number of nitrogens with zero attached hydrogens (tertiary/aromatic N) is 2. The Balaban J connectivity index is 1.80. The molecular weight excluding hydrogens is 323 g/mol. The monoisotopic (exact) mass is 334 g/mol. The number of carboxylic acid groups (broad SMARTS) is 1. The molecule has 1 aromatic carbocycles. The van der Waals surface area contributed by atoms with Crippen LogP contribution in [-0.4, -0.2) is 45.3 Å². The van der Waals surface area contributed by atoms with Gasteiger partial charge in [0.2, 0.25) is 10.1 Å². The predicted molar refractivity (Wildman–Crippen MR) is 81.3 cm³/mol. The molecule has 0 saturated heterocycles. The molecule has 118 valence electrons. The van der Waals surface area contributed by atoms with Crippen LogP contribution in [-0.2, 0) is 6.42 Å². The van der Waals surface area contributed by atoms with E-state index in [1.807, 2.05) is 0 Å². The second kappa shape index (κ2) is 5.86. The first-order valence-corrected chi connectivity index (χ1v) is 7.37. The second-order valence-electron chi connectivity index (χ2n) is 4.84. The topological polar surface area (TPSA) is 148 Å². The number of hydrogen-bond acceptors (Lipinski definition) is 8. The Hall–Kier alpha value is -2.66. The van der Waals surface area contributed by atoms with Crippen LogP contribution in [0.3, 0.4) is 0 Å². The van der Waals surface area contributed by atoms with Gasteiger partial charge in [-0.25, -0.2) is 4.79 Å². The Morgan fingerprint density at radius 1 is 1.43 bits per heavy atom. The fourth-order valence-electron chi connectivity index (χ4n) is 2.27. The van der Waals surface area contributed by atoms with Crippen LogP contribution < -0.4 is 15.7 Å². The zero-order valence-electron chi connectivity index (χ0n) is 11.6. The summed E-state index contributed by atoms with van der Waals surface area (Å²) in [6.45, 7) is 0. The fourth-order valence-corrected chi connectivity index (χ4v) is 2.79. The molecule has 1 atom stereocenters. The molecule has 1 amide bonds. The molecule has 5 N–H and O–H groups in total. The number of carbonyl (C=O) groups is 2. The minimum absolute atomic E-state index is 0.0387. The third kappa shape index (κ3) is 2.96. The summed E-state index contributed by atoms with van der Waals surface area (Å²) in [5.74, 6) is -2.33. The van der Waals surface area contributed by atoms with Crippen molar-refractivity contribution >= 4 is 35.5 Å². The number of nitrogens with two attached hydrogens (primary N) is 1. The molecule has 1 aliphatic heterocycles. The van der Waals surface area contributed by atoms with Crippen LogP contribution in [0.25, 0.3) is 0 Å². The van der Waals surface area contributed by atoms with E-state index < -0.39 is 24.9 Å². The smallest absolute Gasteiger partial charge is 0.534 e. The summed E-state index contributed by atoms with van der Waals surface area (Å²) in [7, 11) is -1.38. The van der Waals surface area contributed by atoms with Crippen LogP contribution in [0.15, 0.2) is 18.2 Å². The van der Waals surface area contributed by atoms with Gasteiger partial charge in [-0.1, -0.05) is 23.5 Å². The minimum Gasteiger partial charge on any atom is -0.534 e. The zero-order valence-corrected chi connectivity index (χ0v) is 12.4. The van der Waals surface area contributed by atoms with E-state index in [1.165, 1.54) is 6.07 Å². The zero-order chi connectivity index (χ0) is 16.6. The number of fused-ring (bicyclic) bond motifs is 1. The van der Waals surface area contributed by atoms with Crippen LogP contribution in [0.4, 0.5) is 5.13 Å². The number of hydrogen-bond donors (Lipinski definition) is 4. The molecule has 23 heavy (non-hydrogen) atoms. The van der Waals surface area contributed by atoms with Crippen molar-refractivity contribution in [2.24, 2.45) is 0 Å². The maximum absolute atomic E-state index is 12.0. The Kier molecular flexibility index (Phi) is 3.88. The summed E-state index contributed by atoms with van der Waals surface area (Å²) < 4.78 is 5.28. The number of rotatable bonds is 3. The van der Waals surface area contributed by atoms with Crippen LogP contribution in [0.5, 0.6) is 5.75 Å². The van der Waals surface area contributed by atoms with Gasteiger partial charge in [0.05, 0.1) is 11.5 Å². The van der Waals surface area contributed by atoms with Gasteiger partial charge in [-0.3, -0.25) is 4.79 Å². The molecule has 2 heterocycles. The summed E-state index contributed by atoms with van der Waals surface area (Å²) in [4.78, 5) is 23.2. The molecule has 0 radical (unpaired) electrons. The number of anilines is 1. The first-order valence-electron chi connectivity index (χ1n) is 6.55. The second-order valence-corrected chi connectivity index (χ2v) is 5.85. The van der Waals surface area contributed by atoms with Crippen LogP contribution >= 0.6 is 11.3 Å². The minimum atomic E-state index is -1.38. The highest BCUT2D eigenvalue weighted by atomic mass is 32.1. The largest absolute Gasteiger partial charge is 0.547 e. The van der Waals surface area contributed by atoms with Crippen molar-refractivity contribution in [3.63, 3.8) is 0 Å². The van der Waals surface area contributed by atoms with E-state index in [2.05, 4.69) is 15.5 Å². The average molecular weight is 334 g/mol. The van der Waals surface area contributed by atoms with Crippen molar-refractivity contribution < 1.29 is 24.4 Å². The molecule has 1 aliphatic rings. The van der Waals surface area contributed by atoms with Crippen LogP contribution in [0.2, 0.25) is 0 Å². The van der Waals surface area contributed by atoms with Crippen molar-refractivity contribution in [3.8, 4) is 5.75 Å². The number of aromatic nitrogens is 2. The molecule has 1 aromatic heterocycles. The highest BCUT2D eigenvalue weighted by Crippen LogP contribution is 2.30. The van der Waals surface area contributed by atoms with Gasteiger partial charge < -0.3 is 25.8 Å². The van der Waals surface area contributed by atoms with Crippen LogP contribution in [0, 0.1) is 0 Å². The molecule has 1 unspecified atom stereocenters. The molecule has 0 spiro atoms. The number of para-hydroxylation sites is 1. The standard InChI is InChI=1S/C12H11BN4O5S/c14-12-17-16-10(23-12)9(18)15-7-4-5-2-1-3-6(11(19)20)8(5)22-13(7)21/h1-3,7,21H,4H2,(H2,14,17)(H,15,18)(H,19,20). The van der Waals surface area contributed by atoms with Crippen molar-refractivity contribution in [1.82, 2.24) is 15.5 Å². The van der Waals surface area contributed by atoms with E-state index >= 15 is 0 Å². The maximum Gasteiger partial charge on any atom is 0.547 e. The molecule has 0 saturated carbocycles. The molecule has 2 aromatic rings. The lowest BCUT2D eigenvalue weighted by Gasteiger charge is -2.28. The normalized spacial score (nSPS) is 16.4. The average Bonchev–Trinajstić information content (AvgIpc) is 2.94. The van der Waals surface area contributed by atoms with E-state index in [1.54, 1.807) is 12.1 Å². The first-order chi connectivity index (χ1) is 11.0. The van der Waals surface area contributed by atoms with Crippen molar-refractivity contribution in [3.05, 3.63) is 34.3 Å². The summed E-state index contributed by atoms with van der Waals surface area (Å²) in [5.41, 5.74) is 5.96. The van der Waals surface area contributed by atoms with Crippen molar-refractivity contribution in [2.45, 2.75) is 12.4 Å². The first kappa shape index (κ1) is 15.2. The summed E-state index contributed by atoms with van der Waals surface area (Å²) >= 11 is 0.921. The number of carbonyl (C=O) groups excluding carboxylic acids is 1. The SMILES string of the molecule is Nc1nnc(C(=O)NC2Cc3cccc(C(=O)O)c3OB2O)s1. The highest BCUT2D eigenvalue weighted by Gasteiger charge is 2.38. The van der Waals surface area contributed by atoms with E-state index in [-0.39, 0.29) is 27.9 Å². The number of nitrogens with one attached hydrogen (secondary N) is 1. The lowest BCUT2D eigenvalue weighted by molar-refractivity contribution is 0.0693. The number of nitrogen functional groups attached to an aromatic ring is 1. The molecule has 0 fully saturated rings. The summed E-state index contributed by atoms with van der Waals surface area (Å²) in [6.07, 6.45) is 0.220. The van der Waals surface area contributed by atoms with E-state index in [0.717, 1.165) is 11.3 Å². The maximum atomic E-state index is 12.0. The van der Waals surface area contributed by atoms with Gasteiger partial charge in [-0.15, -0.1) is 10.2 Å². The van der Waals surface area contributed by atoms with E-state index in [4.69, 9.17) is 15.5 Å². The molecular formula is C12H11BN4O5S. The lowest BCUT2D eigenvalue weighted by Crippen LogP contribution is -2.53. The Bertz CT molecular complexity index is 783. The summed E-state index contributed by atoms with van der Waals surface area (Å²) in [6, 6.07) is 4.64. The lowest BCUT2D eigenvalue weighted by atomic mass is 9.72. The number of benzene rings is 1. The number of amides is 1. The molecule has 0 bridgehead atoms. The van der Waals surface area contributed by atoms with Gasteiger partial charge in [0.1, 0.15) is 5.75 Å². The van der Waals surface area contributed by atoms with Gasteiger partial charge in [-0.05, 0) is 18.1 Å². The number of aromatic carboxylic acids is 1. The Labute approximate surface area is 134 Å². The van der Waals surface area contributed by atoms with E-state index in [9.17, 15) is 14.6 Å².